The van der Waals surface area contributed by atoms with Crippen LogP contribution >= 0.6 is 0 Å². The third-order valence-corrected chi connectivity index (χ3v) is 10.6. The summed E-state index contributed by atoms with van der Waals surface area (Å²) in [6.45, 7) is 12.9. The zero-order valence-corrected chi connectivity index (χ0v) is 29.0. The van der Waals surface area contributed by atoms with Crippen molar-refractivity contribution in [3.63, 3.8) is 0 Å². The number of benzene rings is 6. The molecule has 0 radical (unpaired) electrons. The Labute approximate surface area is 285 Å². The van der Waals surface area contributed by atoms with Gasteiger partial charge in [-0.25, -0.2) is 0 Å². The number of hydrogen-bond acceptors (Lipinski definition) is 4. The SMILES string of the molecule is CCCN(CCC)c1c2ccccc2c(C2C(O)C(c3c4ccccc4c(N(CCC)CCC)c4ccccc34)C2O)c2ccccc12. The molecule has 48 heavy (non-hydrogen) atoms. The molecule has 0 bridgehead atoms. The molecule has 0 saturated heterocycles. The first-order chi connectivity index (χ1) is 23.5. The highest BCUT2D eigenvalue weighted by atomic mass is 16.3. The summed E-state index contributed by atoms with van der Waals surface area (Å²) in [6, 6.07) is 34.6. The Morgan fingerprint density at radius 3 is 0.854 bits per heavy atom. The van der Waals surface area contributed by atoms with E-state index in [1.165, 1.54) is 32.9 Å². The minimum atomic E-state index is -0.736. The average molecular weight is 639 g/mol. The maximum absolute atomic E-state index is 12.4. The van der Waals surface area contributed by atoms with Gasteiger partial charge in [-0.15, -0.1) is 0 Å². The summed E-state index contributed by atoms with van der Waals surface area (Å²) in [5.41, 5.74) is 4.67. The van der Waals surface area contributed by atoms with Gasteiger partial charge < -0.3 is 20.0 Å². The van der Waals surface area contributed by atoms with Crippen molar-refractivity contribution >= 4 is 54.5 Å². The lowest BCUT2D eigenvalue weighted by atomic mass is 9.60. The van der Waals surface area contributed by atoms with E-state index < -0.39 is 24.0 Å². The Kier molecular flexibility index (Phi) is 9.31. The van der Waals surface area contributed by atoms with E-state index in [4.69, 9.17) is 0 Å². The van der Waals surface area contributed by atoms with E-state index in [2.05, 4.69) is 135 Å². The van der Waals surface area contributed by atoms with Crippen LogP contribution in [0.4, 0.5) is 11.4 Å². The molecule has 1 aliphatic rings. The summed E-state index contributed by atoms with van der Waals surface area (Å²) in [4.78, 5) is 5.07. The van der Waals surface area contributed by atoms with Crippen molar-refractivity contribution in [3.05, 3.63) is 108 Å². The van der Waals surface area contributed by atoms with E-state index >= 15 is 0 Å². The molecule has 4 nitrogen and oxygen atoms in total. The van der Waals surface area contributed by atoms with Crippen LogP contribution < -0.4 is 9.80 Å². The maximum atomic E-state index is 12.4. The first kappa shape index (κ1) is 32.4. The van der Waals surface area contributed by atoms with Gasteiger partial charge in [0.15, 0.2) is 0 Å². The molecular weight excluding hydrogens is 588 g/mol. The molecule has 6 aromatic carbocycles. The molecule has 0 atom stereocenters. The molecule has 1 fully saturated rings. The predicted octanol–water partition coefficient (Wildman–Crippen LogP) is 10.2. The summed E-state index contributed by atoms with van der Waals surface area (Å²) in [5.74, 6) is -0.808. The standard InChI is InChI=1S/C44H50N2O2/c1-5-25-45(26-6-2)41-33-21-13-9-17-29(33)37(30-18-10-14-22-34(30)41)39-43(47)40(44(39)48)38-31-19-11-15-23-35(31)42(46(27-7-3)28-8-4)36-24-16-12-20-32(36)38/h9-24,39-40,43-44,47-48H,5-8,25-28H2,1-4H3. The maximum Gasteiger partial charge on any atom is 0.0728 e. The van der Waals surface area contributed by atoms with E-state index in [1.807, 2.05) is 0 Å². The van der Waals surface area contributed by atoms with Crippen molar-refractivity contribution in [2.24, 2.45) is 0 Å². The Morgan fingerprint density at radius 2 is 0.625 bits per heavy atom. The topological polar surface area (TPSA) is 46.9 Å². The summed E-state index contributed by atoms with van der Waals surface area (Å²) in [6.07, 6.45) is 2.81. The van der Waals surface area contributed by atoms with Gasteiger partial charge in [0.25, 0.3) is 0 Å². The van der Waals surface area contributed by atoms with Crippen molar-refractivity contribution in [3.8, 4) is 0 Å². The molecule has 7 rings (SSSR count). The highest BCUT2D eigenvalue weighted by molar-refractivity contribution is 6.16. The smallest absolute Gasteiger partial charge is 0.0728 e. The van der Waals surface area contributed by atoms with Crippen LogP contribution in [0.5, 0.6) is 0 Å². The summed E-state index contributed by atoms with van der Waals surface area (Å²) >= 11 is 0. The van der Waals surface area contributed by atoms with Gasteiger partial charge in [-0.3, -0.25) is 0 Å². The quantitative estimate of drug-likeness (QED) is 0.131. The van der Waals surface area contributed by atoms with Gasteiger partial charge in [-0.05, 0) is 58.4 Å². The van der Waals surface area contributed by atoms with Crippen LogP contribution in [-0.4, -0.2) is 48.6 Å². The molecule has 0 aliphatic heterocycles. The van der Waals surface area contributed by atoms with Gasteiger partial charge in [-0.2, -0.15) is 0 Å². The minimum absolute atomic E-state index is 0.404. The normalized spacial score (nSPS) is 19.3. The van der Waals surface area contributed by atoms with E-state index in [0.29, 0.717) is 0 Å². The summed E-state index contributed by atoms with van der Waals surface area (Å²) in [5, 5.41) is 34.1. The van der Waals surface area contributed by atoms with Crippen LogP contribution in [0.1, 0.15) is 76.3 Å². The van der Waals surface area contributed by atoms with Crippen molar-refractivity contribution in [2.45, 2.75) is 77.4 Å². The van der Waals surface area contributed by atoms with Gasteiger partial charge in [-0.1, -0.05) is 125 Å². The summed E-state index contributed by atoms with van der Waals surface area (Å²) < 4.78 is 0. The molecule has 6 aromatic rings. The molecule has 4 heteroatoms. The molecule has 1 saturated carbocycles. The van der Waals surface area contributed by atoms with E-state index in [0.717, 1.165) is 84.5 Å². The monoisotopic (exact) mass is 638 g/mol. The van der Waals surface area contributed by atoms with Crippen LogP contribution in [0.3, 0.4) is 0 Å². The van der Waals surface area contributed by atoms with Gasteiger partial charge >= 0.3 is 0 Å². The van der Waals surface area contributed by atoms with Crippen LogP contribution in [0.15, 0.2) is 97.1 Å². The summed E-state index contributed by atoms with van der Waals surface area (Å²) in [7, 11) is 0. The molecule has 0 unspecified atom stereocenters. The first-order valence-corrected chi connectivity index (χ1v) is 18.3. The van der Waals surface area contributed by atoms with E-state index in [-0.39, 0.29) is 0 Å². The number of fused-ring (bicyclic) bond motifs is 4. The Balaban J connectivity index is 1.42. The lowest BCUT2D eigenvalue weighted by Crippen LogP contribution is -2.52. The minimum Gasteiger partial charge on any atom is -0.392 e. The Bertz CT molecular complexity index is 1790. The lowest BCUT2D eigenvalue weighted by Gasteiger charge is -2.48. The zero-order valence-electron chi connectivity index (χ0n) is 29.0. The largest absolute Gasteiger partial charge is 0.392 e. The molecule has 0 amide bonds. The third-order valence-electron chi connectivity index (χ3n) is 10.6. The van der Waals surface area contributed by atoms with Crippen molar-refractivity contribution < 1.29 is 10.2 Å². The molecule has 248 valence electrons. The molecular formula is C44H50N2O2. The number of aliphatic hydroxyl groups is 2. The second-order valence-corrected chi connectivity index (χ2v) is 13.7. The van der Waals surface area contributed by atoms with Crippen LogP contribution in [0, 0.1) is 0 Å². The zero-order chi connectivity index (χ0) is 33.4. The molecule has 2 N–H and O–H groups in total. The number of aliphatic hydroxyl groups excluding tert-OH is 2. The fourth-order valence-corrected chi connectivity index (χ4v) is 8.82. The van der Waals surface area contributed by atoms with Crippen LogP contribution in [0.25, 0.3) is 43.1 Å². The first-order valence-electron chi connectivity index (χ1n) is 18.3. The van der Waals surface area contributed by atoms with E-state index in [1.54, 1.807) is 0 Å². The van der Waals surface area contributed by atoms with Crippen molar-refractivity contribution in [1.29, 1.82) is 0 Å². The number of hydrogen-bond donors (Lipinski definition) is 2. The van der Waals surface area contributed by atoms with Crippen LogP contribution in [-0.2, 0) is 0 Å². The van der Waals surface area contributed by atoms with Gasteiger partial charge in [0.05, 0.1) is 23.6 Å². The fraction of sp³-hybridized carbons (Fsp3) is 0.364. The second kappa shape index (κ2) is 13.8. The van der Waals surface area contributed by atoms with Gasteiger partial charge in [0.2, 0.25) is 0 Å². The fourth-order valence-electron chi connectivity index (χ4n) is 8.82. The van der Waals surface area contributed by atoms with Gasteiger partial charge in [0.1, 0.15) is 0 Å². The highest BCUT2D eigenvalue weighted by Gasteiger charge is 2.52. The van der Waals surface area contributed by atoms with Crippen molar-refractivity contribution in [1.82, 2.24) is 0 Å². The number of anilines is 2. The molecule has 1 aliphatic carbocycles. The van der Waals surface area contributed by atoms with Crippen molar-refractivity contribution in [2.75, 3.05) is 36.0 Å². The van der Waals surface area contributed by atoms with Gasteiger partial charge in [0, 0.05) is 59.6 Å². The molecule has 0 spiro atoms. The predicted molar refractivity (Wildman–Crippen MR) is 206 cm³/mol. The number of rotatable bonds is 12. The Hall–Kier alpha value is -4.12. The lowest BCUT2D eigenvalue weighted by molar-refractivity contribution is -0.0765. The Morgan fingerprint density at radius 1 is 0.396 bits per heavy atom. The number of nitrogens with zero attached hydrogens (tertiary/aromatic N) is 2. The average Bonchev–Trinajstić information content (AvgIpc) is 3.11. The van der Waals surface area contributed by atoms with Crippen LogP contribution in [0.2, 0.25) is 0 Å². The molecule has 0 heterocycles. The third kappa shape index (κ3) is 5.21. The molecule has 0 aromatic heterocycles. The second-order valence-electron chi connectivity index (χ2n) is 13.7. The van der Waals surface area contributed by atoms with E-state index in [9.17, 15) is 10.2 Å². The highest BCUT2D eigenvalue weighted by Crippen LogP contribution is 2.56.